The Balaban J connectivity index is 1.87. The van der Waals surface area contributed by atoms with Crippen molar-refractivity contribution in [2.24, 2.45) is 16.7 Å². The normalized spacial score (nSPS) is 23.2. The maximum atomic E-state index is 12.0. The number of rotatable bonds is 6. The highest BCUT2D eigenvalue weighted by Gasteiger charge is 2.70. The standard InChI is InChI=1S/C21H20Cl2O3/c1-20(2)17(12-18(22)23)21(20,19(24)25)13-14-7-6-10-16(11-14)26-15-8-4-3-5-9-15/h3-12,17H,13H2,1-2H3,(H,24,25)/p-1. The predicted molar refractivity (Wildman–Crippen MR) is 101 cm³/mol. The van der Waals surface area contributed by atoms with Gasteiger partial charge in [0.15, 0.2) is 0 Å². The summed E-state index contributed by atoms with van der Waals surface area (Å²) >= 11 is 11.6. The van der Waals surface area contributed by atoms with Crippen LogP contribution >= 0.6 is 23.2 Å². The fourth-order valence-electron chi connectivity index (χ4n) is 3.84. The molecule has 0 heterocycles. The first-order valence-electron chi connectivity index (χ1n) is 8.33. The molecule has 3 nitrogen and oxygen atoms in total. The van der Waals surface area contributed by atoms with Crippen molar-refractivity contribution in [2.45, 2.75) is 20.3 Å². The Morgan fingerprint density at radius 1 is 1.12 bits per heavy atom. The number of carboxylic acid groups (broad SMARTS) is 1. The average molecular weight is 390 g/mol. The average Bonchev–Trinajstić information content (AvgIpc) is 3.03. The molecular formula is C21H19Cl2O3-. The van der Waals surface area contributed by atoms with Gasteiger partial charge >= 0.3 is 0 Å². The lowest BCUT2D eigenvalue weighted by Gasteiger charge is -2.22. The monoisotopic (exact) mass is 389 g/mol. The molecule has 1 aliphatic carbocycles. The van der Waals surface area contributed by atoms with Gasteiger partial charge in [-0.15, -0.1) is 0 Å². The van der Waals surface area contributed by atoms with Crippen LogP contribution in [0.2, 0.25) is 0 Å². The number of carbonyl (C=O) groups is 1. The van der Waals surface area contributed by atoms with Gasteiger partial charge < -0.3 is 14.6 Å². The molecule has 0 amide bonds. The smallest absolute Gasteiger partial charge is 0.127 e. The van der Waals surface area contributed by atoms with E-state index in [1.807, 2.05) is 68.4 Å². The molecule has 0 aliphatic heterocycles. The summed E-state index contributed by atoms with van der Waals surface area (Å²) in [7, 11) is 0. The molecule has 0 saturated heterocycles. The van der Waals surface area contributed by atoms with Crippen molar-refractivity contribution >= 4 is 29.2 Å². The van der Waals surface area contributed by atoms with Crippen molar-refractivity contribution in [3.8, 4) is 11.5 Å². The molecule has 1 fully saturated rings. The molecule has 0 radical (unpaired) electrons. The molecule has 1 saturated carbocycles. The van der Waals surface area contributed by atoms with Crippen LogP contribution in [0.25, 0.3) is 0 Å². The topological polar surface area (TPSA) is 49.4 Å². The largest absolute Gasteiger partial charge is 0.549 e. The van der Waals surface area contributed by atoms with Gasteiger partial charge in [0, 0.05) is 11.4 Å². The van der Waals surface area contributed by atoms with Crippen LogP contribution in [-0.4, -0.2) is 5.97 Å². The van der Waals surface area contributed by atoms with E-state index in [1.165, 1.54) is 0 Å². The summed E-state index contributed by atoms with van der Waals surface area (Å²) in [4.78, 5) is 12.0. The first-order chi connectivity index (χ1) is 12.3. The second-order valence-corrected chi connectivity index (χ2v) is 8.16. The van der Waals surface area contributed by atoms with Crippen molar-refractivity contribution in [1.82, 2.24) is 0 Å². The van der Waals surface area contributed by atoms with E-state index in [4.69, 9.17) is 27.9 Å². The van der Waals surface area contributed by atoms with Gasteiger partial charge in [-0.2, -0.15) is 0 Å². The molecular weight excluding hydrogens is 371 g/mol. The van der Waals surface area contributed by atoms with Crippen LogP contribution < -0.4 is 9.84 Å². The van der Waals surface area contributed by atoms with Crippen LogP contribution in [0.4, 0.5) is 0 Å². The summed E-state index contributed by atoms with van der Waals surface area (Å²) in [5, 5.41) is 12.0. The molecule has 0 N–H and O–H groups in total. The maximum Gasteiger partial charge on any atom is 0.127 e. The summed E-state index contributed by atoms with van der Waals surface area (Å²) in [6, 6.07) is 16.9. The Morgan fingerprint density at radius 2 is 1.77 bits per heavy atom. The second kappa shape index (κ2) is 6.98. The SMILES string of the molecule is CC1(C)C(C=C(Cl)Cl)C1(Cc1cccc(Oc2ccccc2)c1)C(=O)[O-]. The maximum absolute atomic E-state index is 12.0. The number of carboxylic acids is 1. The third kappa shape index (κ3) is 3.34. The second-order valence-electron chi connectivity index (χ2n) is 7.15. The Morgan fingerprint density at radius 3 is 2.38 bits per heavy atom. The number of hydrogen-bond acceptors (Lipinski definition) is 3. The highest BCUT2D eigenvalue weighted by Crippen LogP contribution is 2.71. The first-order valence-corrected chi connectivity index (χ1v) is 9.09. The summed E-state index contributed by atoms with van der Waals surface area (Å²) < 4.78 is 5.92. The molecule has 2 aromatic carbocycles. The molecule has 2 atom stereocenters. The van der Waals surface area contributed by atoms with Crippen molar-refractivity contribution in [2.75, 3.05) is 0 Å². The zero-order valence-corrected chi connectivity index (χ0v) is 16.1. The van der Waals surface area contributed by atoms with E-state index < -0.39 is 16.8 Å². The summed E-state index contributed by atoms with van der Waals surface area (Å²) in [5.41, 5.74) is -0.692. The van der Waals surface area contributed by atoms with Crippen LogP contribution in [0.3, 0.4) is 0 Å². The molecule has 0 spiro atoms. The molecule has 0 bridgehead atoms. The Hall–Kier alpha value is -1.97. The molecule has 5 heteroatoms. The summed E-state index contributed by atoms with van der Waals surface area (Å²) in [6.45, 7) is 3.79. The van der Waals surface area contributed by atoms with Crippen molar-refractivity contribution < 1.29 is 14.6 Å². The van der Waals surface area contributed by atoms with Crippen molar-refractivity contribution in [3.63, 3.8) is 0 Å². The number of hydrogen-bond donors (Lipinski definition) is 0. The molecule has 2 unspecified atom stereocenters. The quantitative estimate of drug-likeness (QED) is 0.716. The lowest BCUT2D eigenvalue weighted by atomic mass is 9.88. The fraction of sp³-hybridized carbons (Fsp3) is 0.286. The van der Waals surface area contributed by atoms with Crippen molar-refractivity contribution in [1.29, 1.82) is 0 Å². The van der Waals surface area contributed by atoms with E-state index in [2.05, 4.69) is 0 Å². The molecule has 2 aromatic rings. The van der Waals surface area contributed by atoms with Crippen LogP contribution in [0.5, 0.6) is 11.5 Å². The van der Waals surface area contributed by atoms with Crippen LogP contribution in [0.1, 0.15) is 19.4 Å². The number of allylic oxidation sites excluding steroid dienone is 1. The van der Waals surface area contributed by atoms with Crippen LogP contribution in [0.15, 0.2) is 65.2 Å². The molecule has 1 aliphatic rings. The number of halogens is 2. The van der Waals surface area contributed by atoms with E-state index in [-0.39, 0.29) is 10.4 Å². The Labute approximate surface area is 163 Å². The van der Waals surface area contributed by atoms with Gasteiger partial charge in [-0.3, -0.25) is 0 Å². The zero-order valence-electron chi connectivity index (χ0n) is 14.5. The Kier molecular flexibility index (Phi) is 5.05. The first kappa shape index (κ1) is 18.8. The molecule has 136 valence electrons. The lowest BCUT2D eigenvalue weighted by Crippen LogP contribution is -2.38. The van der Waals surface area contributed by atoms with Crippen molar-refractivity contribution in [3.05, 3.63) is 70.7 Å². The molecule has 3 rings (SSSR count). The fourth-order valence-corrected chi connectivity index (χ4v) is 4.09. The highest BCUT2D eigenvalue weighted by atomic mass is 35.5. The van der Waals surface area contributed by atoms with Crippen LogP contribution in [0, 0.1) is 16.7 Å². The molecule has 26 heavy (non-hydrogen) atoms. The Bertz CT molecular complexity index is 841. The minimum atomic E-state index is -1.09. The van der Waals surface area contributed by atoms with Gasteiger partial charge in [0.25, 0.3) is 0 Å². The highest BCUT2D eigenvalue weighted by molar-refractivity contribution is 6.55. The predicted octanol–water partition coefficient (Wildman–Crippen LogP) is 4.73. The van der Waals surface area contributed by atoms with E-state index in [1.54, 1.807) is 6.08 Å². The van der Waals surface area contributed by atoms with E-state index in [0.717, 1.165) is 11.3 Å². The minimum Gasteiger partial charge on any atom is -0.549 e. The third-order valence-corrected chi connectivity index (χ3v) is 5.64. The van der Waals surface area contributed by atoms with Crippen LogP contribution in [-0.2, 0) is 11.2 Å². The van der Waals surface area contributed by atoms with Gasteiger partial charge in [0.1, 0.15) is 16.0 Å². The van der Waals surface area contributed by atoms with Gasteiger partial charge in [0.2, 0.25) is 0 Å². The number of carbonyl (C=O) groups excluding carboxylic acids is 1. The van der Waals surface area contributed by atoms with Gasteiger partial charge in [0.05, 0.1) is 0 Å². The van der Waals surface area contributed by atoms with Gasteiger partial charge in [-0.05, 0) is 53.7 Å². The lowest BCUT2D eigenvalue weighted by molar-refractivity contribution is -0.315. The van der Waals surface area contributed by atoms with E-state index >= 15 is 0 Å². The van der Waals surface area contributed by atoms with E-state index in [0.29, 0.717) is 12.2 Å². The zero-order chi connectivity index (χ0) is 18.9. The number of ether oxygens (including phenoxy) is 1. The molecule has 0 aromatic heterocycles. The minimum absolute atomic E-state index is 0.0763. The van der Waals surface area contributed by atoms with Gasteiger partial charge in [-0.25, -0.2) is 0 Å². The summed E-state index contributed by atoms with van der Waals surface area (Å²) in [6.07, 6.45) is 1.92. The third-order valence-electron chi connectivity index (χ3n) is 5.39. The number of benzene rings is 2. The summed E-state index contributed by atoms with van der Waals surface area (Å²) in [5.74, 6) is 0.000261. The number of aliphatic carboxylic acids is 1. The van der Waals surface area contributed by atoms with Gasteiger partial charge in [-0.1, -0.05) is 67.4 Å². The van der Waals surface area contributed by atoms with E-state index in [9.17, 15) is 9.90 Å². The number of para-hydroxylation sites is 1.